The van der Waals surface area contributed by atoms with Gasteiger partial charge in [-0.25, -0.2) is 0 Å². The van der Waals surface area contributed by atoms with Crippen molar-refractivity contribution in [2.75, 3.05) is 12.3 Å². The Morgan fingerprint density at radius 1 is 1.38 bits per heavy atom. The monoisotopic (exact) mass is 268 g/mol. The third-order valence-electron chi connectivity index (χ3n) is 2.11. The molecular weight excluding hydrogens is 244 g/mol. The summed E-state index contributed by atoms with van der Waals surface area (Å²) < 4.78 is 0. The van der Waals surface area contributed by atoms with Gasteiger partial charge < -0.3 is 11.1 Å². The number of nitrogens with one attached hydrogen (secondary N) is 1. The fraction of sp³-hybridized carbons (Fsp3) is 0.909. The lowest BCUT2D eigenvalue weighted by atomic mass is 10.1. The zero-order valence-electron chi connectivity index (χ0n) is 10.7. The number of hydrogen-bond acceptors (Lipinski definition) is 3. The Kier molecular flexibility index (Phi) is 11.8. The highest BCUT2D eigenvalue weighted by Gasteiger charge is 2.21. The van der Waals surface area contributed by atoms with Crippen LogP contribution in [0.1, 0.15) is 34.1 Å². The van der Waals surface area contributed by atoms with Crippen LogP contribution in [0.15, 0.2) is 0 Å². The van der Waals surface area contributed by atoms with E-state index in [0.29, 0.717) is 12.5 Å². The molecule has 0 aliphatic rings. The van der Waals surface area contributed by atoms with Crippen molar-refractivity contribution >= 4 is 30.1 Å². The summed E-state index contributed by atoms with van der Waals surface area (Å²) in [6.07, 6.45) is 0.841. The predicted molar refractivity (Wildman–Crippen MR) is 75.3 cm³/mol. The number of nitrogens with two attached hydrogens (primary N) is 1. The van der Waals surface area contributed by atoms with Crippen molar-refractivity contribution in [2.45, 2.75) is 45.4 Å². The van der Waals surface area contributed by atoms with Crippen LogP contribution in [0.4, 0.5) is 0 Å². The zero-order valence-corrected chi connectivity index (χ0v) is 12.3. The molecule has 0 spiro atoms. The third-order valence-corrected chi connectivity index (χ3v) is 3.56. The number of thioether (sulfide) groups is 1. The fourth-order valence-electron chi connectivity index (χ4n) is 1.27. The molecule has 1 amide bonds. The minimum absolute atomic E-state index is 0. The van der Waals surface area contributed by atoms with E-state index < -0.39 is 0 Å². The van der Waals surface area contributed by atoms with Gasteiger partial charge in [0.25, 0.3) is 0 Å². The maximum atomic E-state index is 11.8. The SMILES string of the molecule is CCSC(C(=O)NCCC(C)N)C(C)C.Cl. The first-order chi connectivity index (χ1) is 6.99. The van der Waals surface area contributed by atoms with Gasteiger partial charge in [0.15, 0.2) is 0 Å². The minimum Gasteiger partial charge on any atom is -0.355 e. The van der Waals surface area contributed by atoms with Crippen molar-refractivity contribution in [3.63, 3.8) is 0 Å². The molecule has 0 heterocycles. The molecule has 0 fully saturated rings. The molecule has 0 aromatic rings. The van der Waals surface area contributed by atoms with Gasteiger partial charge in [-0.2, -0.15) is 0 Å². The molecule has 3 N–H and O–H groups in total. The van der Waals surface area contributed by atoms with Crippen LogP contribution in [0, 0.1) is 5.92 Å². The molecule has 16 heavy (non-hydrogen) atoms. The highest BCUT2D eigenvalue weighted by atomic mass is 35.5. The predicted octanol–water partition coefficient (Wildman–Crippen LogP) is 2.04. The van der Waals surface area contributed by atoms with Gasteiger partial charge >= 0.3 is 0 Å². The Morgan fingerprint density at radius 3 is 2.31 bits per heavy atom. The van der Waals surface area contributed by atoms with Crippen molar-refractivity contribution in [3.05, 3.63) is 0 Å². The second kappa shape index (κ2) is 10.2. The number of carbonyl (C=O) groups is 1. The van der Waals surface area contributed by atoms with Gasteiger partial charge in [-0.3, -0.25) is 4.79 Å². The van der Waals surface area contributed by atoms with E-state index in [-0.39, 0.29) is 29.6 Å². The summed E-state index contributed by atoms with van der Waals surface area (Å²) in [5, 5.41) is 3.01. The maximum absolute atomic E-state index is 11.8. The molecule has 0 saturated heterocycles. The molecule has 0 aliphatic heterocycles. The van der Waals surface area contributed by atoms with Gasteiger partial charge in [0, 0.05) is 12.6 Å². The molecule has 0 radical (unpaired) electrons. The van der Waals surface area contributed by atoms with Crippen LogP contribution < -0.4 is 11.1 Å². The van der Waals surface area contributed by atoms with Crippen molar-refractivity contribution in [1.29, 1.82) is 0 Å². The molecule has 0 saturated carbocycles. The topological polar surface area (TPSA) is 55.1 Å². The number of amides is 1. The van der Waals surface area contributed by atoms with Crippen molar-refractivity contribution < 1.29 is 4.79 Å². The molecule has 0 aromatic heterocycles. The summed E-state index contributed by atoms with van der Waals surface area (Å²) in [6, 6.07) is 0.154. The summed E-state index contributed by atoms with van der Waals surface area (Å²) in [5.74, 6) is 1.51. The first-order valence-corrected chi connectivity index (χ1v) is 6.68. The molecule has 2 atom stereocenters. The number of rotatable bonds is 7. The average Bonchev–Trinajstić information content (AvgIpc) is 2.12. The lowest BCUT2D eigenvalue weighted by Gasteiger charge is -2.19. The van der Waals surface area contributed by atoms with E-state index in [4.69, 9.17) is 5.73 Å². The molecule has 0 bridgehead atoms. The second-order valence-electron chi connectivity index (χ2n) is 4.18. The first kappa shape index (κ1) is 18.4. The van der Waals surface area contributed by atoms with E-state index in [0.717, 1.165) is 12.2 Å². The molecule has 0 aliphatic carbocycles. The van der Waals surface area contributed by atoms with Gasteiger partial charge in [0.2, 0.25) is 5.91 Å². The minimum atomic E-state index is 0. The van der Waals surface area contributed by atoms with Crippen molar-refractivity contribution in [2.24, 2.45) is 11.7 Å². The lowest BCUT2D eigenvalue weighted by molar-refractivity contribution is -0.121. The van der Waals surface area contributed by atoms with Crippen LogP contribution in [0.5, 0.6) is 0 Å². The molecule has 5 heteroatoms. The van der Waals surface area contributed by atoms with E-state index in [1.54, 1.807) is 11.8 Å². The van der Waals surface area contributed by atoms with Crippen LogP contribution in [-0.4, -0.2) is 29.5 Å². The normalized spacial score (nSPS) is 14.1. The Balaban J connectivity index is 0. The average molecular weight is 269 g/mol. The van der Waals surface area contributed by atoms with Gasteiger partial charge in [0.1, 0.15) is 0 Å². The highest BCUT2D eigenvalue weighted by Crippen LogP contribution is 2.19. The van der Waals surface area contributed by atoms with E-state index in [1.807, 2.05) is 6.92 Å². The molecule has 2 unspecified atom stereocenters. The first-order valence-electron chi connectivity index (χ1n) is 5.63. The van der Waals surface area contributed by atoms with Crippen LogP contribution in [-0.2, 0) is 4.79 Å². The number of hydrogen-bond donors (Lipinski definition) is 2. The maximum Gasteiger partial charge on any atom is 0.233 e. The van der Waals surface area contributed by atoms with Gasteiger partial charge in [-0.1, -0.05) is 20.8 Å². The quantitative estimate of drug-likeness (QED) is 0.743. The molecular formula is C11H25ClN2OS. The highest BCUT2D eigenvalue weighted by molar-refractivity contribution is 8.00. The van der Waals surface area contributed by atoms with E-state index in [2.05, 4.69) is 26.1 Å². The smallest absolute Gasteiger partial charge is 0.233 e. The van der Waals surface area contributed by atoms with E-state index in [1.165, 1.54) is 0 Å². The summed E-state index contributed by atoms with van der Waals surface area (Å²) >= 11 is 1.71. The fourth-order valence-corrected chi connectivity index (χ4v) is 2.25. The van der Waals surface area contributed by atoms with Gasteiger partial charge in [-0.15, -0.1) is 24.2 Å². The summed E-state index contributed by atoms with van der Waals surface area (Å²) in [6.45, 7) is 8.88. The van der Waals surface area contributed by atoms with Crippen LogP contribution >= 0.6 is 24.2 Å². The summed E-state index contributed by atoms with van der Waals surface area (Å²) in [5.41, 5.74) is 5.62. The molecule has 0 aromatic carbocycles. The standard InChI is InChI=1S/C11H24N2OS.ClH/c1-5-15-10(8(2)3)11(14)13-7-6-9(4)12;/h8-10H,5-7,12H2,1-4H3,(H,13,14);1H. The largest absolute Gasteiger partial charge is 0.355 e. The van der Waals surface area contributed by atoms with Gasteiger partial charge in [-0.05, 0) is 25.0 Å². The Bertz CT molecular complexity index is 189. The zero-order chi connectivity index (χ0) is 11.8. The second-order valence-corrected chi connectivity index (χ2v) is 5.60. The van der Waals surface area contributed by atoms with Gasteiger partial charge in [0.05, 0.1) is 5.25 Å². The Hall–Kier alpha value is 0.0700. The number of halogens is 1. The Labute approximate surface area is 110 Å². The number of carbonyl (C=O) groups excluding carboxylic acids is 1. The molecule has 3 nitrogen and oxygen atoms in total. The van der Waals surface area contributed by atoms with E-state index >= 15 is 0 Å². The van der Waals surface area contributed by atoms with Crippen molar-refractivity contribution in [3.8, 4) is 0 Å². The lowest BCUT2D eigenvalue weighted by Crippen LogP contribution is -2.37. The van der Waals surface area contributed by atoms with E-state index in [9.17, 15) is 4.79 Å². The van der Waals surface area contributed by atoms with Crippen molar-refractivity contribution in [1.82, 2.24) is 5.32 Å². The molecule has 98 valence electrons. The van der Waals surface area contributed by atoms with Crippen LogP contribution in [0.3, 0.4) is 0 Å². The molecule has 0 rings (SSSR count). The summed E-state index contributed by atoms with van der Waals surface area (Å²) in [4.78, 5) is 11.8. The summed E-state index contributed by atoms with van der Waals surface area (Å²) in [7, 11) is 0. The van der Waals surface area contributed by atoms with Crippen LogP contribution in [0.25, 0.3) is 0 Å². The Morgan fingerprint density at radius 2 is 1.94 bits per heavy atom. The van der Waals surface area contributed by atoms with Crippen LogP contribution in [0.2, 0.25) is 0 Å². The third kappa shape index (κ3) is 8.25.